The molecule has 2 fully saturated rings. The van der Waals surface area contributed by atoms with E-state index in [1.165, 1.54) is 5.56 Å². The standard InChI is InChI=1S/C15H20O3/c1-15(2)10-18-14(15)11-3-5-12(6-4-11)16-8-7-13-9-17-13/h3-6,13-14H,7-10H2,1-2H3. The molecule has 0 saturated carbocycles. The molecule has 2 aliphatic rings. The van der Waals surface area contributed by atoms with Crippen molar-refractivity contribution in [2.45, 2.75) is 32.5 Å². The maximum atomic E-state index is 5.67. The predicted octanol–water partition coefficient (Wildman–Crippen LogP) is 2.95. The van der Waals surface area contributed by atoms with Gasteiger partial charge in [-0.15, -0.1) is 0 Å². The molecule has 1 aromatic carbocycles. The lowest BCUT2D eigenvalue weighted by atomic mass is 9.79. The fourth-order valence-electron chi connectivity index (χ4n) is 2.33. The van der Waals surface area contributed by atoms with E-state index in [-0.39, 0.29) is 11.5 Å². The molecule has 1 aromatic rings. The Morgan fingerprint density at radius 1 is 1.22 bits per heavy atom. The number of epoxide rings is 1. The van der Waals surface area contributed by atoms with Gasteiger partial charge in [-0.05, 0) is 17.7 Å². The van der Waals surface area contributed by atoms with Crippen molar-refractivity contribution in [3.63, 3.8) is 0 Å². The minimum absolute atomic E-state index is 0.228. The van der Waals surface area contributed by atoms with E-state index in [4.69, 9.17) is 14.2 Å². The molecule has 3 heteroatoms. The zero-order valence-corrected chi connectivity index (χ0v) is 11.0. The summed E-state index contributed by atoms with van der Waals surface area (Å²) in [6, 6.07) is 8.27. The van der Waals surface area contributed by atoms with Crippen LogP contribution in [-0.4, -0.2) is 25.9 Å². The second kappa shape index (κ2) is 4.56. The molecule has 3 nitrogen and oxygen atoms in total. The summed E-state index contributed by atoms with van der Waals surface area (Å²) in [7, 11) is 0. The smallest absolute Gasteiger partial charge is 0.119 e. The Labute approximate surface area is 108 Å². The Morgan fingerprint density at radius 3 is 2.44 bits per heavy atom. The zero-order chi connectivity index (χ0) is 12.6. The molecule has 0 amide bonds. The van der Waals surface area contributed by atoms with Gasteiger partial charge in [-0.25, -0.2) is 0 Å². The van der Waals surface area contributed by atoms with E-state index in [9.17, 15) is 0 Å². The molecule has 18 heavy (non-hydrogen) atoms. The highest BCUT2D eigenvalue weighted by Crippen LogP contribution is 2.45. The summed E-state index contributed by atoms with van der Waals surface area (Å²) in [4.78, 5) is 0. The fraction of sp³-hybridized carbons (Fsp3) is 0.600. The average Bonchev–Trinajstić information content (AvgIpc) is 3.14. The number of hydrogen-bond acceptors (Lipinski definition) is 3. The maximum absolute atomic E-state index is 5.67. The van der Waals surface area contributed by atoms with Gasteiger partial charge in [0.15, 0.2) is 0 Å². The van der Waals surface area contributed by atoms with Crippen LogP contribution in [-0.2, 0) is 9.47 Å². The summed E-state index contributed by atoms with van der Waals surface area (Å²) in [6.07, 6.45) is 1.65. The van der Waals surface area contributed by atoms with Gasteiger partial charge in [0.2, 0.25) is 0 Å². The molecular weight excluding hydrogens is 228 g/mol. The molecule has 0 spiro atoms. The van der Waals surface area contributed by atoms with Gasteiger partial charge in [-0.3, -0.25) is 0 Å². The molecule has 0 aromatic heterocycles. The molecule has 2 heterocycles. The van der Waals surface area contributed by atoms with Crippen molar-refractivity contribution in [2.24, 2.45) is 5.41 Å². The molecule has 2 unspecified atom stereocenters. The van der Waals surface area contributed by atoms with Crippen LogP contribution in [0.3, 0.4) is 0 Å². The molecule has 2 saturated heterocycles. The Bertz CT molecular complexity index is 406. The van der Waals surface area contributed by atoms with Crippen LogP contribution in [0.15, 0.2) is 24.3 Å². The Balaban J connectivity index is 1.55. The van der Waals surface area contributed by atoms with Crippen molar-refractivity contribution in [1.29, 1.82) is 0 Å². The quantitative estimate of drug-likeness (QED) is 0.751. The van der Waals surface area contributed by atoms with E-state index in [0.29, 0.717) is 6.10 Å². The van der Waals surface area contributed by atoms with E-state index in [2.05, 4.69) is 26.0 Å². The van der Waals surface area contributed by atoms with E-state index in [1.807, 2.05) is 12.1 Å². The molecule has 2 aliphatic heterocycles. The van der Waals surface area contributed by atoms with Gasteiger partial charge in [-0.2, -0.15) is 0 Å². The predicted molar refractivity (Wildman–Crippen MR) is 68.8 cm³/mol. The van der Waals surface area contributed by atoms with E-state index in [0.717, 1.165) is 32.0 Å². The van der Waals surface area contributed by atoms with Crippen LogP contribution in [0.4, 0.5) is 0 Å². The highest BCUT2D eigenvalue weighted by molar-refractivity contribution is 5.30. The molecule has 0 aliphatic carbocycles. The van der Waals surface area contributed by atoms with Crippen LogP contribution < -0.4 is 4.74 Å². The third kappa shape index (κ3) is 2.52. The van der Waals surface area contributed by atoms with Crippen LogP contribution in [0.5, 0.6) is 5.75 Å². The van der Waals surface area contributed by atoms with Gasteiger partial charge >= 0.3 is 0 Å². The van der Waals surface area contributed by atoms with Gasteiger partial charge < -0.3 is 14.2 Å². The molecule has 0 radical (unpaired) electrons. The van der Waals surface area contributed by atoms with Crippen LogP contribution in [0.2, 0.25) is 0 Å². The lowest BCUT2D eigenvalue weighted by Gasteiger charge is -2.44. The summed E-state index contributed by atoms with van der Waals surface area (Å²) >= 11 is 0. The van der Waals surface area contributed by atoms with Gasteiger partial charge in [0.05, 0.1) is 32.0 Å². The van der Waals surface area contributed by atoms with Crippen molar-refractivity contribution < 1.29 is 14.2 Å². The van der Waals surface area contributed by atoms with Gasteiger partial charge in [0.1, 0.15) is 5.75 Å². The van der Waals surface area contributed by atoms with Crippen molar-refractivity contribution in [1.82, 2.24) is 0 Å². The van der Waals surface area contributed by atoms with Crippen LogP contribution >= 0.6 is 0 Å². The van der Waals surface area contributed by atoms with E-state index < -0.39 is 0 Å². The first kappa shape index (κ1) is 12.0. The number of hydrogen-bond donors (Lipinski definition) is 0. The van der Waals surface area contributed by atoms with Crippen molar-refractivity contribution in [2.75, 3.05) is 19.8 Å². The average molecular weight is 248 g/mol. The molecule has 0 bridgehead atoms. The van der Waals surface area contributed by atoms with E-state index >= 15 is 0 Å². The summed E-state index contributed by atoms with van der Waals surface area (Å²) in [5, 5.41) is 0. The Morgan fingerprint density at radius 2 is 1.94 bits per heavy atom. The Kier molecular flexibility index (Phi) is 3.04. The van der Waals surface area contributed by atoms with Gasteiger partial charge in [0.25, 0.3) is 0 Å². The van der Waals surface area contributed by atoms with E-state index in [1.54, 1.807) is 0 Å². The molecular formula is C15H20O3. The minimum atomic E-state index is 0.228. The first-order valence-electron chi connectivity index (χ1n) is 6.61. The fourth-order valence-corrected chi connectivity index (χ4v) is 2.33. The van der Waals surface area contributed by atoms with Crippen molar-refractivity contribution in [3.05, 3.63) is 29.8 Å². The van der Waals surface area contributed by atoms with Gasteiger partial charge in [0, 0.05) is 11.8 Å². The highest BCUT2D eigenvalue weighted by Gasteiger charge is 2.40. The summed E-state index contributed by atoms with van der Waals surface area (Å²) < 4.78 is 16.5. The van der Waals surface area contributed by atoms with Gasteiger partial charge in [-0.1, -0.05) is 26.0 Å². The molecule has 0 N–H and O–H groups in total. The summed E-state index contributed by atoms with van der Waals surface area (Å²) in [6.45, 7) is 6.95. The first-order chi connectivity index (χ1) is 8.65. The molecule has 98 valence electrons. The van der Waals surface area contributed by atoms with Crippen molar-refractivity contribution in [3.8, 4) is 5.75 Å². The van der Waals surface area contributed by atoms with Crippen molar-refractivity contribution >= 4 is 0 Å². The zero-order valence-electron chi connectivity index (χ0n) is 11.0. The lowest BCUT2D eigenvalue weighted by molar-refractivity contribution is -0.172. The second-order valence-electron chi connectivity index (χ2n) is 5.84. The topological polar surface area (TPSA) is 31.0 Å². The third-order valence-corrected chi connectivity index (χ3v) is 3.63. The molecule has 3 rings (SSSR count). The maximum Gasteiger partial charge on any atom is 0.119 e. The van der Waals surface area contributed by atoms with Crippen LogP contribution in [0.1, 0.15) is 31.9 Å². The minimum Gasteiger partial charge on any atom is -0.493 e. The monoisotopic (exact) mass is 248 g/mol. The SMILES string of the molecule is CC1(C)COC1c1ccc(OCCC2CO2)cc1. The largest absolute Gasteiger partial charge is 0.493 e. The normalized spacial score (nSPS) is 28.6. The third-order valence-electron chi connectivity index (χ3n) is 3.63. The summed E-state index contributed by atoms with van der Waals surface area (Å²) in [5.41, 5.74) is 1.50. The molecule has 2 atom stereocenters. The Hall–Kier alpha value is -1.06. The highest BCUT2D eigenvalue weighted by atomic mass is 16.6. The first-order valence-corrected chi connectivity index (χ1v) is 6.61. The summed E-state index contributed by atoms with van der Waals surface area (Å²) in [5.74, 6) is 0.927. The van der Waals surface area contributed by atoms with Crippen LogP contribution in [0.25, 0.3) is 0 Å². The number of rotatable bonds is 5. The number of benzene rings is 1. The van der Waals surface area contributed by atoms with Crippen LogP contribution in [0, 0.1) is 5.41 Å². The number of ether oxygens (including phenoxy) is 3. The second-order valence-corrected chi connectivity index (χ2v) is 5.84. The lowest BCUT2D eigenvalue weighted by Crippen LogP contribution is -2.40.